The van der Waals surface area contributed by atoms with Gasteiger partial charge in [0, 0.05) is 25.9 Å². The molecule has 0 bridgehead atoms. The van der Waals surface area contributed by atoms with E-state index in [1.165, 1.54) is 6.07 Å². The lowest BCUT2D eigenvalue weighted by Gasteiger charge is -2.22. The molecule has 0 spiro atoms. The molecular weight excluding hydrogens is 323 g/mol. The Morgan fingerprint density at radius 3 is 3.00 bits per heavy atom. The van der Waals surface area contributed by atoms with Crippen molar-refractivity contribution in [2.24, 2.45) is 0 Å². The number of rotatable bonds is 5. The number of para-hydroxylation sites is 1. The van der Waals surface area contributed by atoms with Crippen LogP contribution in [0, 0.1) is 5.82 Å². The zero-order valence-corrected chi connectivity index (χ0v) is 14.0. The first kappa shape index (κ1) is 16.0. The van der Waals surface area contributed by atoms with Crippen molar-refractivity contribution >= 4 is 16.9 Å². The number of hydrogen-bond acceptors (Lipinski definition) is 5. The monoisotopic (exact) mass is 344 g/mol. The second kappa shape index (κ2) is 6.45. The van der Waals surface area contributed by atoms with Gasteiger partial charge in [0.05, 0.1) is 24.7 Å². The van der Waals surface area contributed by atoms with E-state index in [0.717, 1.165) is 25.3 Å². The number of H-pyrrole nitrogens is 1. The molecule has 1 aromatic carbocycles. The average molecular weight is 344 g/mol. The summed E-state index contributed by atoms with van der Waals surface area (Å²) in [6.07, 6.45) is 2.95. The topological polar surface area (TPSA) is 85.0 Å². The van der Waals surface area contributed by atoms with E-state index >= 15 is 0 Å². The maximum atomic E-state index is 13.9. The highest BCUT2D eigenvalue weighted by Crippen LogP contribution is 2.24. The first-order valence-electron chi connectivity index (χ1n) is 8.31. The second-order valence-corrected chi connectivity index (χ2v) is 6.46. The van der Waals surface area contributed by atoms with Gasteiger partial charge in [0.25, 0.3) is 0 Å². The molecule has 25 heavy (non-hydrogen) atoms. The molecule has 8 heteroatoms. The van der Waals surface area contributed by atoms with Crippen LogP contribution in [0.1, 0.15) is 12.2 Å². The van der Waals surface area contributed by atoms with Crippen molar-refractivity contribution in [2.75, 3.05) is 19.4 Å². The quantitative estimate of drug-likeness (QED) is 0.737. The molecule has 132 valence electrons. The van der Waals surface area contributed by atoms with Crippen molar-refractivity contribution in [3.63, 3.8) is 0 Å². The molecule has 0 aliphatic carbocycles. The third kappa shape index (κ3) is 3.22. The summed E-state index contributed by atoms with van der Waals surface area (Å²) in [6, 6.07) is 6.98. The Bertz CT molecular complexity index is 875. The van der Waals surface area contributed by atoms with E-state index in [0.29, 0.717) is 23.4 Å². The van der Waals surface area contributed by atoms with Crippen LogP contribution in [0.4, 0.5) is 10.2 Å². The highest BCUT2D eigenvalue weighted by Gasteiger charge is 2.33. The van der Waals surface area contributed by atoms with Gasteiger partial charge in [-0.05, 0) is 24.6 Å². The van der Waals surface area contributed by atoms with E-state index in [2.05, 4.69) is 20.0 Å². The van der Waals surface area contributed by atoms with Crippen molar-refractivity contribution in [1.82, 2.24) is 24.6 Å². The summed E-state index contributed by atoms with van der Waals surface area (Å²) >= 11 is 0. The summed E-state index contributed by atoms with van der Waals surface area (Å²) in [5.74, 6) is 0.960. The van der Waals surface area contributed by atoms with Crippen molar-refractivity contribution < 1.29 is 9.13 Å². The number of hydrogen-bond donors (Lipinski definition) is 2. The van der Waals surface area contributed by atoms with Crippen LogP contribution < -0.4 is 5.73 Å². The molecule has 3 heterocycles. The Morgan fingerprint density at radius 2 is 2.28 bits per heavy atom. The summed E-state index contributed by atoms with van der Waals surface area (Å²) in [5.41, 5.74) is 6.80. The molecule has 0 radical (unpaired) electrons. The van der Waals surface area contributed by atoms with Gasteiger partial charge in [0.1, 0.15) is 17.2 Å². The molecule has 1 saturated heterocycles. The predicted molar refractivity (Wildman–Crippen MR) is 92.3 cm³/mol. The van der Waals surface area contributed by atoms with Crippen LogP contribution in [0.2, 0.25) is 0 Å². The maximum Gasteiger partial charge on any atom is 0.151 e. The number of methoxy groups -OCH3 is 1. The molecule has 2 aromatic heterocycles. The maximum absolute atomic E-state index is 13.9. The molecule has 3 aromatic rings. The van der Waals surface area contributed by atoms with E-state index in [-0.39, 0.29) is 18.0 Å². The van der Waals surface area contributed by atoms with Crippen molar-refractivity contribution in [3.8, 4) is 0 Å². The number of nitrogens with one attached hydrogen (secondary N) is 1. The number of aromatic nitrogens is 4. The van der Waals surface area contributed by atoms with Crippen LogP contribution >= 0.6 is 0 Å². The molecule has 1 aliphatic heterocycles. The lowest BCUT2D eigenvalue weighted by molar-refractivity contribution is 0.107. The fourth-order valence-electron chi connectivity index (χ4n) is 3.50. The van der Waals surface area contributed by atoms with Gasteiger partial charge in [0.2, 0.25) is 0 Å². The lowest BCUT2D eigenvalue weighted by atomic mass is 10.2. The van der Waals surface area contributed by atoms with E-state index in [4.69, 9.17) is 10.5 Å². The zero-order chi connectivity index (χ0) is 17.4. The van der Waals surface area contributed by atoms with Gasteiger partial charge in [-0.25, -0.2) is 9.37 Å². The first-order chi connectivity index (χ1) is 12.1. The third-order valence-corrected chi connectivity index (χ3v) is 4.75. The van der Waals surface area contributed by atoms with Crippen LogP contribution in [-0.4, -0.2) is 50.4 Å². The number of imidazole rings is 1. The summed E-state index contributed by atoms with van der Waals surface area (Å²) in [4.78, 5) is 9.92. The number of halogens is 1. The van der Waals surface area contributed by atoms with E-state index < -0.39 is 0 Å². The number of benzene rings is 1. The number of nitrogens with two attached hydrogens (primary N) is 1. The minimum atomic E-state index is -0.306. The number of nitrogens with zero attached hydrogens (tertiary/aromatic N) is 4. The molecular formula is C17H21FN6O. The van der Waals surface area contributed by atoms with Gasteiger partial charge in [-0.1, -0.05) is 6.07 Å². The summed E-state index contributed by atoms with van der Waals surface area (Å²) < 4.78 is 21.3. The Kier molecular flexibility index (Phi) is 4.14. The molecule has 1 aliphatic rings. The number of anilines is 1. The fraction of sp³-hybridized carbons (Fsp3) is 0.412. The van der Waals surface area contributed by atoms with E-state index in [1.54, 1.807) is 19.2 Å². The molecule has 7 nitrogen and oxygen atoms in total. The van der Waals surface area contributed by atoms with Gasteiger partial charge >= 0.3 is 0 Å². The van der Waals surface area contributed by atoms with Crippen molar-refractivity contribution in [3.05, 3.63) is 42.1 Å². The van der Waals surface area contributed by atoms with Crippen molar-refractivity contribution in [2.45, 2.75) is 31.7 Å². The fourth-order valence-corrected chi connectivity index (χ4v) is 3.50. The smallest absolute Gasteiger partial charge is 0.151 e. The van der Waals surface area contributed by atoms with Crippen LogP contribution in [0.5, 0.6) is 0 Å². The number of aromatic amines is 1. The van der Waals surface area contributed by atoms with Crippen LogP contribution in [0.25, 0.3) is 11.0 Å². The number of nitrogen functional groups attached to an aromatic ring is 1. The minimum absolute atomic E-state index is 0.166. The van der Waals surface area contributed by atoms with E-state index in [9.17, 15) is 4.39 Å². The van der Waals surface area contributed by atoms with Gasteiger partial charge < -0.3 is 15.5 Å². The minimum Gasteiger partial charge on any atom is -0.382 e. The summed E-state index contributed by atoms with van der Waals surface area (Å²) in [7, 11) is 1.73. The number of fused-ring (bicyclic) bond motifs is 1. The third-order valence-electron chi connectivity index (χ3n) is 4.75. The zero-order valence-electron chi connectivity index (χ0n) is 14.0. The Hall–Kier alpha value is -2.45. The molecule has 3 N–H and O–H groups in total. The van der Waals surface area contributed by atoms with Crippen LogP contribution in [0.15, 0.2) is 30.5 Å². The second-order valence-electron chi connectivity index (χ2n) is 6.46. The van der Waals surface area contributed by atoms with Crippen molar-refractivity contribution in [1.29, 1.82) is 0 Å². The highest BCUT2D eigenvalue weighted by molar-refractivity contribution is 5.75. The van der Waals surface area contributed by atoms with Gasteiger partial charge in [-0.3, -0.25) is 9.58 Å². The largest absolute Gasteiger partial charge is 0.382 e. The molecule has 0 amide bonds. The Balaban J connectivity index is 1.54. The average Bonchev–Trinajstić information content (AvgIpc) is 3.28. The molecule has 0 unspecified atom stereocenters. The highest BCUT2D eigenvalue weighted by atomic mass is 19.1. The van der Waals surface area contributed by atoms with Gasteiger partial charge in [0.15, 0.2) is 5.82 Å². The Labute approximate surface area is 144 Å². The number of likely N-dealkylation sites (tertiary alicyclic amines) is 1. The molecule has 4 rings (SSSR count). The Morgan fingerprint density at radius 1 is 1.40 bits per heavy atom. The SMILES string of the molecule is CO[C@H]1C[C@@H](Cn2ccc(N)n2)N(Cc2nc3c(F)cccc3[nH]2)C1. The molecule has 2 atom stereocenters. The summed E-state index contributed by atoms with van der Waals surface area (Å²) in [6.45, 7) is 2.14. The normalized spacial score (nSPS) is 21.4. The predicted octanol–water partition coefficient (Wildman–Crippen LogP) is 1.77. The van der Waals surface area contributed by atoms with Gasteiger partial charge in [-0.15, -0.1) is 0 Å². The standard InChI is InChI=1S/C17H21FN6O/c1-25-12-7-11(8-24-6-5-15(19)22-24)23(9-12)10-16-20-14-4-2-3-13(18)17(14)21-16/h2-6,11-12H,7-10H2,1H3,(H2,19,22)(H,20,21)/t11-,12-/m0/s1. The number of ether oxygens (including phenoxy) is 1. The molecule has 1 fully saturated rings. The lowest BCUT2D eigenvalue weighted by Crippen LogP contribution is -2.33. The van der Waals surface area contributed by atoms with Crippen LogP contribution in [0.3, 0.4) is 0 Å². The van der Waals surface area contributed by atoms with Crippen LogP contribution in [-0.2, 0) is 17.8 Å². The van der Waals surface area contributed by atoms with Gasteiger partial charge in [-0.2, -0.15) is 5.10 Å². The summed E-state index contributed by atoms with van der Waals surface area (Å²) in [5, 5.41) is 4.27. The first-order valence-corrected chi connectivity index (χ1v) is 8.31. The molecule has 0 saturated carbocycles. The van der Waals surface area contributed by atoms with E-state index in [1.807, 2.05) is 16.9 Å².